The maximum absolute atomic E-state index is 12.9. The third-order valence-electron chi connectivity index (χ3n) is 4.27. The number of esters is 1. The summed E-state index contributed by atoms with van der Waals surface area (Å²) in [5, 5.41) is 2.81. The molecule has 0 radical (unpaired) electrons. The fraction of sp³-hybridized carbons (Fsp3) is 0.263. The van der Waals surface area contributed by atoms with E-state index in [4.69, 9.17) is 0 Å². The van der Waals surface area contributed by atoms with E-state index in [2.05, 4.69) is 15.0 Å². The molecule has 1 fully saturated rings. The van der Waals surface area contributed by atoms with Crippen LogP contribution in [0, 0.1) is 0 Å². The lowest BCUT2D eigenvalue weighted by molar-refractivity contribution is -0.127. The van der Waals surface area contributed by atoms with Crippen LogP contribution in [-0.2, 0) is 16.0 Å². The number of aromatic nitrogens is 1. The second kappa shape index (κ2) is 7.77. The molecule has 134 valence electrons. The number of hydrogen-bond acceptors (Lipinski definition) is 5. The van der Waals surface area contributed by atoms with E-state index in [0.717, 1.165) is 5.56 Å². The van der Waals surface area contributed by atoms with Crippen LogP contribution in [0.15, 0.2) is 48.7 Å². The lowest BCUT2D eigenvalue weighted by Crippen LogP contribution is -2.58. The summed E-state index contributed by atoms with van der Waals surface area (Å²) in [6.45, 7) is 0.804. The monoisotopic (exact) mass is 353 g/mol. The number of ether oxygens (including phenoxy) is 1. The maximum atomic E-state index is 12.9. The highest BCUT2D eigenvalue weighted by atomic mass is 16.5. The Bertz CT molecular complexity index is 805. The topological polar surface area (TPSA) is 88.6 Å². The zero-order chi connectivity index (χ0) is 18.5. The van der Waals surface area contributed by atoms with Crippen LogP contribution in [0.3, 0.4) is 0 Å². The van der Waals surface area contributed by atoms with Gasteiger partial charge in [-0.1, -0.05) is 30.3 Å². The molecule has 2 aromatic rings. The normalized spacial score (nSPS) is 16.7. The van der Waals surface area contributed by atoms with Gasteiger partial charge in [0.1, 0.15) is 11.7 Å². The number of amides is 2. The number of piperazine rings is 1. The molecule has 7 nitrogen and oxygen atoms in total. The first-order valence-electron chi connectivity index (χ1n) is 8.27. The predicted molar refractivity (Wildman–Crippen MR) is 93.6 cm³/mol. The predicted octanol–water partition coefficient (Wildman–Crippen LogP) is 1.05. The van der Waals surface area contributed by atoms with Crippen molar-refractivity contribution in [2.75, 3.05) is 20.2 Å². The quantitative estimate of drug-likeness (QED) is 0.830. The summed E-state index contributed by atoms with van der Waals surface area (Å²) in [6.07, 6.45) is 1.73. The summed E-state index contributed by atoms with van der Waals surface area (Å²) in [7, 11) is 1.28. The summed E-state index contributed by atoms with van der Waals surface area (Å²) in [6, 6.07) is 11.9. The van der Waals surface area contributed by atoms with Gasteiger partial charge in [-0.2, -0.15) is 0 Å². The minimum atomic E-state index is -0.597. The van der Waals surface area contributed by atoms with Crippen molar-refractivity contribution < 1.29 is 19.1 Å². The zero-order valence-electron chi connectivity index (χ0n) is 14.3. The molecule has 7 heteroatoms. The standard InChI is InChI=1S/C19H19N3O4/c1-26-19(25)14-7-8-15(21-12-14)18(24)22-10-9-20-17(23)16(22)11-13-5-3-2-4-6-13/h2-8,12,16H,9-11H2,1H3,(H,20,23)/t16-/m1/s1. The van der Waals surface area contributed by atoms with Gasteiger partial charge in [0.05, 0.1) is 12.7 Å². The van der Waals surface area contributed by atoms with Crippen LogP contribution in [0.25, 0.3) is 0 Å². The van der Waals surface area contributed by atoms with E-state index in [1.807, 2.05) is 30.3 Å². The van der Waals surface area contributed by atoms with Gasteiger partial charge >= 0.3 is 5.97 Å². The van der Waals surface area contributed by atoms with Crippen molar-refractivity contribution in [2.24, 2.45) is 0 Å². The van der Waals surface area contributed by atoms with Gasteiger partial charge in [0.2, 0.25) is 5.91 Å². The average molecular weight is 353 g/mol. The van der Waals surface area contributed by atoms with Crippen LogP contribution in [0.2, 0.25) is 0 Å². The van der Waals surface area contributed by atoms with E-state index in [0.29, 0.717) is 19.5 Å². The van der Waals surface area contributed by atoms with Crippen molar-refractivity contribution in [3.05, 3.63) is 65.5 Å². The molecule has 1 aliphatic heterocycles. The largest absolute Gasteiger partial charge is 0.465 e. The fourth-order valence-corrected chi connectivity index (χ4v) is 2.90. The summed E-state index contributed by atoms with van der Waals surface area (Å²) >= 11 is 0. The van der Waals surface area contributed by atoms with E-state index in [-0.39, 0.29) is 23.1 Å². The Morgan fingerprint density at radius 2 is 2.00 bits per heavy atom. The molecule has 1 aromatic heterocycles. The lowest BCUT2D eigenvalue weighted by atomic mass is 10.0. The summed E-state index contributed by atoms with van der Waals surface area (Å²) in [4.78, 5) is 42.3. The van der Waals surface area contributed by atoms with Crippen molar-refractivity contribution in [2.45, 2.75) is 12.5 Å². The van der Waals surface area contributed by atoms with Crippen LogP contribution in [0.1, 0.15) is 26.4 Å². The highest BCUT2D eigenvalue weighted by Gasteiger charge is 2.34. The Morgan fingerprint density at radius 3 is 2.65 bits per heavy atom. The van der Waals surface area contributed by atoms with Gasteiger partial charge in [-0.3, -0.25) is 14.6 Å². The van der Waals surface area contributed by atoms with Gasteiger partial charge in [0.25, 0.3) is 5.91 Å². The Hall–Kier alpha value is -3.22. The minimum absolute atomic E-state index is 0.181. The van der Waals surface area contributed by atoms with Gasteiger partial charge in [-0.15, -0.1) is 0 Å². The van der Waals surface area contributed by atoms with Gasteiger partial charge in [-0.05, 0) is 17.7 Å². The molecule has 3 rings (SSSR count). The molecule has 2 amide bonds. The molecule has 1 saturated heterocycles. The van der Waals surface area contributed by atoms with Crippen LogP contribution in [0.4, 0.5) is 0 Å². The maximum Gasteiger partial charge on any atom is 0.339 e. The van der Waals surface area contributed by atoms with Crippen LogP contribution < -0.4 is 5.32 Å². The Labute approximate surface area is 151 Å². The van der Waals surface area contributed by atoms with Crippen molar-refractivity contribution in [3.63, 3.8) is 0 Å². The van der Waals surface area contributed by atoms with Gasteiger partial charge in [-0.25, -0.2) is 4.79 Å². The average Bonchev–Trinajstić information content (AvgIpc) is 2.69. The summed E-state index contributed by atoms with van der Waals surface area (Å²) in [5.74, 6) is -1.03. The second-order valence-electron chi connectivity index (χ2n) is 5.92. The van der Waals surface area contributed by atoms with Gasteiger partial charge in [0.15, 0.2) is 0 Å². The lowest BCUT2D eigenvalue weighted by Gasteiger charge is -2.35. The van der Waals surface area contributed by atoms with E-state index in [1.165, 1.54) is 30.3 Å². The number of hydrogen-bond donors (Lipinski definition) is 1. The number of pyridine rings is 1. The Morgan fingerprint density at radius 1 is 1.23 bits per heavy atom. The van der Waals surface area contributed by atoms with Crippen LogP contribution in [-0.4, -0.2) is 53.9 Å². The summed E-state index contributed by atoms with van der Waals surface area (Å²) < 4.78 is 4.62. The first-order valence-corrected chi connectivity index (χ1v) is 8.27. The molecule has 1 atom stereocenters. The van der Waals surface area contributed by atoms with E-state index >= 15 is 0 Å². The van der Waals surface area contributed by atoms with Crippen molar-refractivity contribution in [1.82, 2.24) is 15.2 Å². The first-order chi connectivity index (χ1) is 12.6. The van der Waals surface area contributed by atoms with Crippen molar-refractivity contribution >= 4 is 17.8 Å². The number of carbonyl (C=O) groups excluding carboxylic acids is 3. The molecule has 1 aromatic carbocycles. The molecule has 26 heavy (non-hydrogen) atoms. The number of rotatable bonds is 4. The van der Waals surface area contributed by atoms with Gasteiger partial charge in [0, 0.05) is 25.7 Å². The molecule has 0 bridgehead atoms. The molecule has 2 heterocycles. The minimum Gasteiger partial charge on any atom is -0.465 e. The fourth-order valence-electron chi connectivity index (χ4n) is 2.90. The number of nitrogens with zero attached hydrogens (tertiary/aromatic N) is 2. The SMILES string of the molecule is COC(=O)c1ccc(C(=O)N2CCNC(=O)[C@H]2Cc2ccccc2)nc1. The number of carbonyl (C=O) groups is 3. The highest BCUT2D eigenvalue weighted by molar-refractivity contribution is 5.97. The third kappa shape index (κ3) is 3.72. The second-order valence-corrected chi connectivity index (χ2v) is 5.92. The smallest absolute Gasteiger partial charge is 0.339 e. The molecule has 0 aliphatic carbocycles. The number of nitrogens with one attached hydrogen (secondary N) is 1. The number of benzene rings is 1. The van der Waals surface area contributed by atoms with Gasteiger partial charge < -0.3 is 15.0 Å². The molecule has 1 aliphatic rings. The molecule has 0 saturated carbocycles. The van der Waals surface area contributed by atoms with Crippen LogP contribution >= 0.6 is 0 Å². The van der Waals surface area contributed by atoms with Crippen LogP contribution in [0.5, 0.6) is 0 Å². The van der Waals surface area contributed by atoms with E-state index in [1.54, 1.807) is 0 Å². The third-order valence-corrected chi connectivity index (χ3v) is 4.27. The molecule has 0 unspecified atom stereocenters. The summed E-state index contributed by atoms with van der Waals surface area (Å²) in [5.41, 5.74) is 1.42. The van der Waals surface area contributed by atoms with Crippen molar-refractivity contribution in [1.29, 1.82) is 0 Å². The Kier molecular flexibility index (Phi) is 5.26. The van der Waals surface area contributed by atoms with E-state index < -0.39 is 12.0 Å². The Balaban J connectivity index is 1.81. The molecule has 1 N–H and O–H groups in total. The highest BCUT2D eigenvalue weighted by Crippen LogP contribution is 2.15. The zero-order valence-corrected chi connectivity index (χ0v) is 14.3. The van der Waals surface area contributed by atoms with Crippen molar-refractivity contribution in [3.8, 4) is 0 Å². The molecule has 0 spiro atoms. The van der Waals surface area contributed by atoms with E-state index in [9.17, 15) is 14.4 Å². The first kappa shape index (κ1) is 17.6. The number of methoxy groups -OCH3 is 1. The molecular formula is C19H19N3O4. The molecular weight excluding hydrogens is 334 g/mol.